The van der Waals surface area contributed by atoms with Gasteiger partial charge in [0, 0.05) is 17.8 Å². The van der Waals surface area contributed by atoms with Crippen LogP contribution in [-0.4, -0.2) is 32.3 Å². The SMILES string of the molecule is Cc1ccc(C2=NN(C(=O)CSc3nc(C)c(C)c(C)n3)[C@H](c3ccco3)C2)cc1. The van der Waals surface area contributed by atoms with Crippen LogP contribution >= 0.6 is 11.8 Å². The fourth-order valence-corrected chi connectivity index (χ4v) is 4.15. The van der Waals surface area contributed by atoms with E-state index in [0.717, 1.165) is 34.0 Å². The summed E-state index contributed by atoms with van der Waals surface area (Å²) in [4.78, 5) is 22.1. The average Bonchev–Trinajstić information content (AvgIpc) is 3.40. The van der Waals surface area contributed by atoms with Gasteiger partial charge in [0.05, 0.1) is 17.7 Å². The lowest BCUT2D eigenvalue weighted by Crippen LogP contribution is -2.28. The van der Waals surface area contributed by atoms with E-state index >= 15 is 0 Å². The number of furan rings is 1. The van der Waals surface area contributed by atoms with E-state index < -0.39 is 0 Å². The van der Waals surface area contributed by atoms with E-state index in [4.69, 9.17) is 4.42 Å². The van der Waals surface area contributed by atoms with Crippen LogP contribution in [0.15, 0.2) is 57.3 Å². The Labute approximate surface area is 180 Å². The number of carbonyl (C=O) groups excluding carboxylic acids is 1. The van der Waals surface area contributed by atoms with Gasteiger partial charge in [-0.25, -0.2) is 15.0 Å². The molecular weight excluding hydrogens is 396 g/mol. The molecule has 0 spiro atoms. The summed E-state index contributed by atoms with van der Waals surface area (Å²) >= 11 is 1.34. The minimum atomic E-state index is -0.244. The van der Waals surface area contributed by atoms with E-state index in [1.54, 1.807) is 11.3 Å². The molecule has 4 rings (SSSR count). The molecule has 6 nitrogen and oxygen atoms in total. The molecular formula is C23H24N4O2S. The Morgan fingerprint density at radius 3 is 2.43 bits per heavy atom. The Morgan fingerprint density at radius 2 is 1.80 bits per heavy atom. The Balaban J connectivity index is 1.55. The number of benzene rings is 1. The third kappa shape index (κ3) is 4.16. The van der Waals surface area contributed by atoms with E-state index in [2.05, 4.69) is 34.1 Å². The first kappa shape index (κ1) is 20.3. The monoisotopic (exact) mass is 420 g/mol. The van der Waals surface area contributed by atoms with Crippen LogP contribution in [-0.2, 0) is 4.79 Å². The predicted octanol–water partition coefficient (Wildman–Crippen LogP) is 4.77. The molecule has 0 radical (unpaired) electrons. The maximum Gasteiger partial charge on any atom is 0.253 e. The fourth-order valence-electron chi connectivity index (χ4n) is 3.36. The molecule has 1 aromatic carbocycles. The summed E-state index contributed by atoms with van der Waals surface area (Å²) in [5.41, 5.74) is 6.04. The van der Waals surface area contributed by atoms with E-state index in [1.165, 1.54) is 17.3 Å². The Hall–Kier alpha value is -2.93. The molecule has 7 heteroatoms. The summed E-state index contributed by atoms with van der Waals surface area (Å²) < 4.78 is 5.61. The maximum absolute atomic E-state index is 13.1. The highest BCUT2D eigenvalue weighted by Crippen LogP contribution is 2.34. The predicted molar refractivity (Wildman–Crippen MR) is 118 cm³/mol. The Kier molecular flexibility index (Phi) is 5.72. The normalized spacial score (nSPS) is 16.1. The Bertz CT molecular complexity index is 1070. The van der Waals surface area contributed by atoms with Gasteiger partial charge < -0.3 is 4.42 Å². The van der Waals surface area contributed by atoms with Crippen molar-refractivity contribution < 1.29 is 9.21 Å². The molecule has 2 aromatic heterocycles. The van der Waals surface area contributed by atoms with Gasteiger partial charge in [-0.1, -0.05) is 41.6 Å². The van der Waals surface area contributed by atoms with E-state index in [-0.39, 0.29) is 17.7 Å². The highest BCUT2D eigenvalue weighted by Gasteiger charge is 2.34. The topological polar surface area (TPSA) is 71.6 Å². The zero-order chi connectivity index (χ0) is 21.3. The van der Waals surface area contributed by atoms with Crippen LogP contribution in [0.25, 0.3) is 0 Å². The second-order valence-electron chi connectivity index (χ2n) is 7.48. The van der Waals surface area contributed by atoms with Crippen molar-refractivity contribution >= 4 is 23.4 Å². The smallest absolute Gasteiger partial charge is 0.253 e. The van der Waals surface area contributed by atoms with Crippen molar-refractivity contribution in [2.75, 3.05) is 5.75 Å². The minimum absolute atomic E-state index is 0.0945. The van der Waals surface area contributed by atoms with Gasteiger partial charge in [-0.15, -0.1) is 0 Å². The third-order valence-corrected chi connectivity index (χ3v) is 6.19. The molecule has 0 fully saturated rings. The number of hydrogen-bond acceptors (Lipinski definition) is 6. The number of hydrogen-bond donors (Lipinski definition) is 0. The minimum Gasteiger partial charge on any atom is -0.467 e. The van der Waals surface area contributed by atoms with Crippen LogP contribution in [0, 0.1) is 27.7 Å². The van der Waals surface area contributed by atoms with Crippen molar-refractivity contribution in [3.05, 3.63) is 76.5 Å². The van der Waals surface area contributed by atoms with E-state index in [1.807, 2.05) is 45.0 Å². The number of hydrazone groups is 1. The second-order valence-corrected chi connectivity index (χ2v) is 8.42. The van der Waals surface area contributed by atoms with Crippen molar-refractivity contribution in [3.63, 3.8) is 0 Å². The number of aromatic nitrogens is 2. The van der Waals surface area contributed by atoms with Gasteiger partial charge in [-0.3, -0.25) is 4.79 Å². The summed E-state index contributed by atoms with van der Waals surface area (Å²) in [6, 6.07) is 11.7. The van der Waals surface area contributed by atoms with Gasteiger partial charge in [0.25, 0.3) is 5.91 Å². The molecule has 0 bridgehead atoms. The zero-order valence-corrected chi connectivity index (χ0v) is 18.4. The maximum atomic E-state index is 13.1. The van der Waals surface area contributed by atoms with Gasteiger partial charge in [0.1, 0.15) is 11.8 Å². The van der Waals surface area contributed by atoms with Crippen LogP contribution in [0.3, 0.4) is 0 Å². The largest absolute Gasteiger partial charge is 0.467 e. The first-order chi connectivity index (χ1) is 14.4. The summed E-state index contributed by atoms with van der Waals surface area (Å²) in [6.45, 7) is 7.97. The van der Waals surface area contributed by atoms with Crippen LogP contribution in [0.4, 0.5) is 0 Å². The molecule has 0 unspecified atom stereocenters. The molecule has 3 heterocycles. The van der Waals surface area contributed by atoms with Crippen molar-refractivity contribution in [2.45, 2.75) is 45.3 Å². The lowest BCUT2D eigenvalue weighted by Gasteiger charge is -2.19. The van der Waals surface area contributed by atoms with Gasteiger partial charge >= 0.3 is 0 Å². The van der Waals surface area contributed by atoms with Gasteiger partial charge in [-0.05, 0) is 51.0 Å². The molecule has 0 saturated heterocycles. The first-order valence-corrected chi connectivity index (χ1v) is 10.9. The number of aryl methyl sites for hydroxylation is 3. The lowest BCUT2D eigenvalue weighted by molar-refractivity contribution is -0.130. The van der Waals surface area contributed by atoms with Gasteiger partial charge in [0.2, 0.25) is 0 Å². The number of carbonyl (C=O) groups is 1. The first-order valence-electron chi connectivity index (χ1n) is 9.87. The van der Waals surface area contributed by atoms with Gasteiger partial charge in [0.15, 0.2) is 5.16 Å². The summed E-state index contributed by atoms with van der Waals surface area (Å²) in [7, 11) is 0. The van der Waals surface area contributed by atoms with Crippen LogP contribution in [0.5, 0.6) is 0 Å². The summed E-state index contributed by atoms with van der Waals surface area (Å²) in [6.07, 6.45) is 2.24. The second kappa shape index (κ2) is 8.44. The lowest BCUT2D eigenvalue weighted by atomic mass is 10.0. The molecule has 1 atom stereocenters. The molecule has 0 aliphatic carbocycles. The highest BCUT2D eigenvalue weighted by molar-refractivity contribution is 7.99. The highest BCUT2D eigenvalue weighted by atomic mass is 32.2. The molecule has 1 aliphatic rings. The molecule has 3 aromatic rings. The van der Waals surface area contributed by atoms with Crippen molar-refractivity contribution in [1.29, 1.82) is 0 Å². The molecule has 30 heavy (non-hydrogen) atoms. The number of rotatable bonds is 5. The molecule has 1 aliphatic heterocycles. The van der Waals surface area contributed by atoms with Gasteiger partial charge in [-0.2, -0.15) is 5.10 Å². The van der Waals surface area contributed by atoms with Crippen LogP contribution in [0.1, 0.15) is 46.3 Å². The Morgan fingerprint density at radius 1 is 1.10 bits per heavy atom. The van der Waals surface area contributed by atoms with Crippen LogP contribution < -0.4 is 0 Å². The molecule has 1 amide bonds. The number of nitrogens with zero attached hydrogens (tertiary/aromatic N) is 4. The molecule has 0 N–H and O–H groups in total. The zero-order valence-electron chi connectivity index (χ0n) is 17.5. The van der Waals surface area contributed by atoms with Crippen LogP contribution in [0.2, 0.25) is 0 Å². The quantitative estimate of drug-likeness (QED) is 0.439. The summed E-state index contributed by atoms with van der Waals surface area (Å²) in [5.74, 6) is 0.851. The number of amides is 1. The van der Waals surface area contributed by atoms with E-state index in [9.17, 15) is 4.79 Å². The molecule has 0 saturated carbocycles. The molecule has 154 valence electrons. The third-order valence-electron chi connectivity index (χ3n) is 5.36. The standard InChI is InChI=1S/C23H24N4O2S/c1-14-7-9-18(10-8-14)19-12-20(21-6-5-11-29-21)27(26-19)22(28)13-30-23-24-16(3)15(2)17(4)25-23/h5-11,20H,12-13H2,1-4H3/t20-/m0/s1. The van der Waals surface area contributed by atoms with E-state index in [0.29, 0.717) is 11.6 Å². The number of thioether (sulfide) groups is 1. The van der Waals surface area contributed by atoms with Crippen molar-refractivity contribution in [3.8, 4) is 0 Å². The van der Waals surface area contributed by atoms with Crippen molar-refractivity contribution in [1.82, 2.24) is 15.0 Å². The fraction of sp³-hybridized carbons (Fsp3) is 0.304. The average molecular weight is 421 g/mol. The summed E-state index contributed by atoms with van der Waals surface area (Å²) in [5, 5.41) is 6.84. The van der Waals surface area contributed by atoms with Crippen molar-refractivity contribution in [2.24, 2.45) is 5.10 Å².